The van der Waals surface area contributed by atoms with E-state index in [1.54, 1.807) is 19.5 Å². The number of pyridine rings is 1. The van der Waals surface area contributed by atoms with Gasteiger partial charge in [0.05, 0.1) is 5.75 Å². The maximum atomic E-state index is 11.9. The highest BCUT2D eigenvalue weighted by Gasteiger charge is 2.30. The monoisotopic (exact) mass is 347 g/mol. The van der Waals surface area contributed by atoms with Gasteiger partial charge in [0.1, 0.15) is 0 Å². The average molecular weight is 347 g/mol. The zero-order valence-electron chi connectivity index (χ0n) is 13.6. The molecule has 1 fully saturated rings. The van der Waals surface area contributed by atoms with Gasteiger partial charge in [0.15, 0.2) is 11.0 Å². The number of nitrogens with zero attached hydrogens (tertiary/aromatic N) is 4. The van der Waals surface area contributed by atoms with Crippen LogP contribution in [0.2, 0.25) is 0 Å². The van der Waals surface area contributed by atoms with Crippen molar-refractivity contribution in [2.45, 2.75) is 30.5 Å². The van der Waals surface area contributed by atoms with Gasteiger partial charge in [-0.15, -0.1) is 10.2 Å². The molecule has 2 heterocycles. The number of methoxy groups -OCH3 is 1. The second-order valence-corrected chi connectivity index (χ2v) is 6.58. The second-order valence-electron chi connectivity index (χ2n) is 5.63. The van der Waals surface area contributed by atoms with Gasteiger partial charge in [0.2, 0.25) is 5.91 Å². The van der Waals surface area contributed by atoms with E-state index in [1.807, 2.05) is 12.1 Å². The van der Waals surface area contributed by atoms with Crippen molar-refractivity contribution < 1.29 is 9.53 Å². The Labute approximate surface area is 145 Å². The lowest BCUT2D eigenvalue weighted by Gasteiger charge is -2.08. The molecule has 0 radical (unpaired) electrons. The van der Waals surface area contributed by atoms with Crippen LogP contribution >= 0.6 is 11.8 Å². The van der Waals surface area contributed by atoms with E-state index >= 15 is 0 Å². The van der Waals surface area contributed by atoms with E-state index in [-0.39, 0.29) is 5.91 Å². The summed E-state index contributed by atoms with van der Waals surface area (Å²) in [6, 6.07) is 4.30. The predicted octanol–water partition coefficient (Wildman–Crippen LogP) is 1.92. The highest BCUT2D eigenvalue weighted by atomic mass is 32.2. The number of ether oxygens (including phenoxy) is 1. The number of aromatic nitrogens is 4. The van der Waals surface area contributed by atoms with E-state index in [1.165, 1.54) is 11.8 Å². The van der Waals surface area contributed by atoms with Crippen LogP contribution in [0.25, 0.3) is 11.4 Å². The molecule has 0 aromatic carbocycles. The highest BCUT2D eigenvalue weighted by Crippen LogP contribution is 2.40. The molecule has 1 amide bonds. The van der Waals surface area contributed by atoms with Crippen LogP contribution in [0.4, 0.5) is 0 Å². The number of hydrogen-bond donors (Lipinski definition) is 1. The molecule has 8 heteroatoms. The van der Waals surface area contributed by atoms with Crippen LogP contribution in [0.5, 0.6) is 0 Å². The van der Waals surface area contributed by atoms with E-state index in [9.17, 15) is 4.79 Å². The van der Waals surface area contributed by atoms with Crippen LogP contribution in [0, 0.1) is 0 Å². The van der Waals surface area contributed by atoms with Gasteiger partial charge in [-0.2, -0.15) is 0 Å². The maximum absolute atomic E-state index is 11.9. The Balaban J connectivity index is 1.62. The van der Waals surface area contributed by atoms with E-state index in [2.05, 4.69) is 25.1 Å². The molecule has 0 bridgehead atoms. The molecule has 1 saturated carbocycles. The number of nitrogens with one attached hydrogen (secondary N) is 1. The number of carbonyl (C=O) groups excluding carboxylic acids is 1. The molecule has 128 valence electrons. The van der Waals surface area contributed by atoms with Crippen LogP contribution in [0.3, 0.4) is 0 Å². The van der Waals surface area contributed by atoms with Crippen molar-refractivity contribution in [2.75, 3.05) is 26.0 Å². The number of amides is 1. The summed E-state index contributed by atoms with van der Waals surface area (Å²) in [5.41, 5.74) is 0.952. The summed E-state index contributed by atoms with van der Waals surface area (Å²) in [7, 11) is 1.65. The minimum atomic E-state index is 0.00405. The highest BCUT2D eigenvalue weighted by molar-refractivity contribution is 7.99. The first kappa shape index (κ1) is 16.9. The summed E-state index contributed by atoms with van der Waals surface area (Å²) in [6.07, 6.45) is 6.60. The van der Waals surface area contributed by atoms with E-state index in [4.69, 9.17) is 4.74 Å². The molecule has 1 aliphatic rings. The lowest BCUT2D eigenvalue weighted by Crippen LogP contribution is -2.27. The minimum Gasteiger partial charge on any atom is -0.385 e. The van der Waals surface area contributed by atoms with Crippen LogP contribution in [-0.4, -0.2) is 51.7 Å². The Hall–Kier alpha value is -1.93. The van der Waals surface area contributed by atoms with Gasteiger partial charge < -0.3 is 10.1 Å². The molecule has 2 aromatic heterocycles. The first-order valence-electron chi connectivity index (χ1n) is 8.03. The molecule has 1 N–H and O–H groups in total. The Morgan fingerprint density at radius 3 is 3.04 bits per heavy atom. The normalized spacial score (nSPS) is 13.9. The van der Waals surface area contributed by atoms with Crippen molar-refractivity contribution in [3.8, 4) is 11.4 Å². The molecular formula is C16H21N5O2S. The maximum Gasteiger partial charge on any atom is 0.230 e. The number of carbonyl (C=O) groups is 1. The summed E-state index contributed by atoms with van der Waals surface area (Å²) in [6.45, 7) is 1.28. The van der Waals surface area contributed by atoms with E-state index in [0.717, 1.165) is 35.8 Å². The fourth-order valence-corrected chi connectivity index (χ4v) is 3.19. The lowest BCUT2D eigenvalue weighted by atomic mass is 10.3. The minimum absolute atomic E-state index is 0.00405. The second kappa shape index (κ2) is 8.25. The molecule has 3 rings (SSSR count). The SMILES string of the molecule is COCCCNC(=O)CSc1nnc(-c2cccnc2)n1C1CC1. The fourth-order valence-electron chi connectivity index (χ4n) is 2.35. The van der Waals surface area contributed by atoms with Gasteiger partial charge in [-0.25, -0.2) is 0 Å². The average Bonchev–Trinajstić information content (AvgIpc) is 3.37. The Morgan fingerprint density at radius 2 is 2.33 bits per heavy atom. The molecule has 2 aromatic rings. The van der Waals surface area contributed by atoms with Crippen molar-refractivity contribution in [1.82, 2.24) is 25.1 Å². The van der Waals surface area contributed by atoms with Crippen LogP contribution in [-0.2, 0) is 9.53 Å². The molecule has 7 nitrogen and oxygen atoms in total. The van der Waals surface area contributed by atoms with Crippen molar-refractivity contribution >= 4 is 17.7 Å². The van der Waals surface area contributed by atoms with Gasteiger partial charge in [-0.3, -0.25) is 14.3 Å². The summed E-state index contributed by atoms with van der Waals surface area (Å²) in [5.74, 6) is 1.17. The molecule has 0 saturated heterocycles. The Bertz CT molecular complexity index is 672. The summed E-state index contributed by atoms with van der Waals surface area (Å²) < 4.78 is 7.10. The Kier molecular flexibility index (Phi) is 5.81. The first-order chi connectivity index (χ1) is 11.8. The van der Waals surface area contributed by atoms with Gasteiger partial charge in [0, 0.05) is 44.3 Å². The van der Waals surface area contributed by atoms with Crippen LogP contribution < -0.4 is 5.32 Å². The largest absolute Gasteiger partial charge is 0.385 e. The van der Waals surface area contributed by atoms with E-state index in [0.29, 0.717) is 24.9 Å². The number of rotatable bonds is 9. The van der Waals surface area contributed by atoms with Crippen molar-refractivity contribution in [2.24, 2.45) is 0 Å². The topological polar surface area (TPSA) is 81.9 Å². The third-order valence-electron chi connectivity index (χ3n) is 3.68. The molecule has 1 aliphatic carbocycles. The fraction of sp³-hybridized carbons (Fsp3) is 0.500. The molecular weight excluding hydrogens is 326 g/mol. The zero-order chi connectivity index (χ0) is 16.8. The van der Waals surface area contributed by atoms with Crippen molar-refractivity contribution in [1.29, 1.82) is 0 Å². The van der Waals surface area contributed by atoms with Gasteiger partial charge in [-0.05, 0) is 31.4 Å². The lowest BCUT2D eigenvalue weighted by molar-refractivity contribution is -0.118. The van der Waals surface area contributed by atoms with Gasteiger partial charge in [0.25, 0.3) is 0 Å². The molecule has 0 unspecified atom stereocenters. The quantitative estimate of drug-likeness (QED) is 0.551. The third-order valence-corrected chi connectivity index (χ3v) is 4.62. The van der Waals surface area contributed by atoms with Crippen molar-refractivity contribution in [3.63, 3.8) is 0 Å². The van der Waals surface area contributed by atoms with Crippen LogP contribution in [0.15, 0.2) is 29.7 Å². The molecule has 0 aliphatic heterocycles. The van der Waals surface area contributed by atoms with Gasteiger partial charge >= 0.3 is 0 Å². The summed E-state index contributed by atoms with van der Waals surface area (Å²) in [5, 5.41) is 12.3. The van der Waals surface area contributed by atoms with E-state index < -0.39 is 0 Å². The summed E-state index contributed by atoms with van der Waals surface area (Å²) >= 11 is 1.43. The molecule has 0 atom stereocenters. The zero-order valence-corrected chi connectivity index (χ0v) is 14.5. The number of hydrogen-bond acceptors (Lipinski definition) is 6. The predicted molar refractivity (Wildman–Crippen MR) is 91.8 cm³/mol. The molecule has 24 heavy (non-hydrogen) atoms. The van der Waals surface area contributed by atoms with Gasteiger partial charge in [-0.1, -0.05) is 11.8 Å². The Morgan fingerprint density at radius 1 is 1.46 bits per heavy atom. The van der Waals surface area contributed by atoms with Crippen LogP contribution in [0.1, 0.15) is 25.3 Å². The standard InChI is InChI=1S/C16H21N5O2S/c1-23-9-3-8-18-14(22)11-24-16-20-19-15(21(16)13-5-6-13)12-4-2-7-17-10-12/h2,4,7,10,13H,3,5-6,8-9,11H2,1H3,(H,18,22). The smallest absolute Gasteiger partial charge is 0.230 e. The summed E-state index contributed by atoms with van der Waals surface area (Å²) in [4.78, 5) is 16.1. The van der Waals surface area contributed by atoms with Crippen molar-refractivity contribution in [3.05, 3.63) is 24.5 Å². The third kappa shape index (κ3) is 4.33. The first-order valence-corrected chi connectivity index (χ1v) is 9.02. The number of thioether (sulfide) groups is 1. The molecule has 0 spiro atoms.